The lowest BCUT2D eigenvalue weighted by molar-refractivity contribution is -0.115. The van der Waals surface area contributed by atoms with Gasteiger partial charge in [-0.2, -0.15) is 4.31 Å². The van der Waals surface area contributed by atoms with Gasteiger partial charge in [-0.1, -0.05) is 19.3 Å². The summed E-state index contributed by atoms with van der Waals surface area (Å²) in [5.41, 5.74) is 0.256. The number of sulfonamides is 1. The van der Waals surface area contributed by atoms with E-state index < -0.39 is 15.9 Å². The van der Waals surface area contributed by atoms with Crippen LogP contribution in [0, 0.1) is 17.8 Å². The second-order valence-electron chi connectivity index (χ2n) is 10.2. The zero-order valence-electron chi connectivity index (χ0n) is 20.7. The lowest BCUT2D eigenvalue weighted by Crippen LogP contribution is -2.47. The average molecular weight is 507 g/mol. The maximum absolute atomic E-state index is 13.2. The second-order valence-corrected chi connectivity index (χ2v) is 12.1. The molecule has 1 saturated heterocycles. The summed E-state index contributed by atoms with van der Waals surface area (Å²) in [5, 5.41) is 8.28. The third kappa shape index (κ3) is 6.09. The molecule has 2 bridgehead atoms. The number of carbonyl (C=O) groups is 2. The minimum absolute atomic E-state index is 0.0642. The highest BCUT2D eigenvalue weighted by atomic mass is 32.2. The minimum Gasteiger partial charge on any atom is -0.495 e. The van der Waals surface area contributed by atoms with Crippen molar-refractivity contribution in [1.82, 2.24) is 14.9 Å². The Morgan fingerprint density at radius 2 is 1.86 bits per heavy atom. The first-order chi connectivity index (χ1) is 16.8. The van der Waals surface area contributed by atoms with Gasteiger partial charge in [0.1, 0.15) is 5.75 Å². The van der Waals surface area contributed by atoms with Crippen molar-refractivity contribution in [3.8, 4) is 5.75 Å². The van der Waals surface area contributed by atoms with Crippen molar-refractivity contribution < 1.29 is 22.7 Å². The molecule has 3 N–H and O–H groups in total. The molecule has 35 heavy (non-hydrogen) atoms. The van der Waals surface area contributed by atoms with Crippen LogP contribution in [0.5, 0.6) is 5.75 Å². The molecule has 4 rings (SSSR count). The first-order valence-electron chi connectivity index (χ1n) is 12.8. The topological polar surface area (TPSA) is 117 Å². The Balaban J connectivity index is 1.33. The third-order valence-electron chi connectivity index (χ3n) is 7.85. The molecule has 0 spiro atoms. The predicted molar refractivity (Wildman–Crippen MR) is 134 cm³/mol. The Morgan fingerprint density at radius 3 is 2.49 bits per heavy atom. The molecule has 9 nitrogen and oxygen atoms in total. The van der Waals surface area contributed by atoms with Gasteiger partial charge in [0.2, 0.25) is 15.9 Å². The van der Waals surface area contributed by atoms with Crippen molar-refractivity contribution in [2.24, 2.45) is 17.8 Å². The zero-order chi connectivity index (χ0) is 25.0. The van der Waals surface area contributed by atoms with Crippen molar-refractivity contribution in [3.63, 3.8) is 0 Å². The van der Waals surface area contributed by atoms with Gasteiger partial charge in [-0.05, 0) is 75.0 Å². The number of hydrogen-bond acceptors (Lipinski definition) is 5. The van der Waals surface area contributed by atoms with Gasteiger partial charge in [-0.3, -0.25) is 4.79 Å². The highest BCUT2D eigenvalue weighted by Gasteiger charge is 2.42. The molecule has 3 amide bonds. The quantitative estimate of drug-likeness (QED) is 0.500. The number of fused-ring (bicyclic) bond motifs is 2. The van der Waals surface area contributed by atoms with E-state index in [0.29, 0.717) is 30.7 Å². The molecule has 3 aliphatic rings. The number of anilines is 1. The normalized spacial score (nSPS) is 25.5. The van der Waals surface area contributed by atoms with E-state index in [1.165, 1.54) is 55.3 Å². The zero-order valence-corrected chi connectivity index (χ0v) is 21.5. The van der Waals surface area contributed by atoms with E-state index in [0.717, 1.165) is 31.6 Å². The monoisotopic (exact) mass is 506 g/mol. The summed E-state index contributed by atoms with van der Waals surface area (Å²) in [5.74, 6) is 1.89. The van der Waals surface area contributed by atoms with Gasteiger partial charge in [-0.15, -0.1) is 0 Å². The molecule has 1 aromatic rings. The van der Waals surface area contributed by atoms with Gasteiger partial charge in [0.25, 0.3) is 0 Å². The highest BCUT2D eigenvalue weighted by Crippen LogP contribution is 2.49. The maximum atomic E-state index is 13.2. The molecule has 10 heteroatoms. The van der Waals surface area contributed by atoms with E-state index in [4.69, 9.17) is 4.74 Å². The van der Waals surface area contributed by atoms with Crippen LogP contribution in [0.25, 0.3) is 0 Å². The van der Waals surface area contributed by atoms with Gasteiger partial charge in [0, 0.05) is 19.1 Å². The van der Waals surface area contributed by atoms with Gasteiger partial charge in [0.15, 0.2) is 0 Å². The summed E-state index contributed by atoms with van der Waals surface area (Å²) in [6.45, 7) is 2.79. The Morgan fingerprint density at radius 1 is 1.11 bits per heavy atom. The fourth-order valence-electron chi connectivity index (χ4n) is 6.00. The summed E-state index contributed by atoms with van der Waals surface area (Å²) < 4.78 is 33.1. The van der Waals surface area contributed by atoms with Crippen molar-refractivity contribution in [1.29, 1.82) is 0 Å². The van der Waals surface area contributed by atoms with Crippen LogP contribution in [0.3, 0.4) is 0 Å². The van der Waals surface area contributed by atoms with Crippen LogP contribution in [0.4, 0.5) is 10.5 Å². The molecule has 194 valence electrons. The fraction of sp³-hybridized carbons (Fsp3) is 0.680. The number of benzene rings is 1. The van der Waals surface area contributed by atoms with E-state index in [1.807, 2.05) is 6.92 Å². The Labute approximate surface area is 208 Å². The summed E-state index contributed by atoms with van der Waals surface area (Å²) in [7, 11) is -2.22. The fourth-order valence-corrected chi connectivity index (χ4v) is 7.55. The number of amides is 3. The van der Waals surface area contributed by atoms with E-state index in [1.54, 1.807) is 0 Å². The van der Waals surface area contributed by atoms with Gasteiger partial charge >= 0.3 is 6.03 Å². The summed E-state index contributed by atoms with van der Waals surface area (Å²) in [6.07, 6.45) is 8.73. The van der Waals surface area contributed by atoms with Crippen molar-refractivity contribution >= 4 is 27.6 Å². The standard InChI is InChI=1S/C25H38N4O5S/c1-17(21-14-18-7-8-19(21)13-18)27-25(31)26-16-24(30)28-22-15-20(9-10-23(22)34-2)35(32,33)29-11-5-3-4-6-12-29/h9-10,15,17-19,21H,3-8,11-14,16H2,1-2H3,(H,28,30)(H2,26,27,31)/t17-,18+,19+,21+/m1/s1. The molecule has 1 heterocycles. The molecule has 3 fully saturated rings. The SMILES string of the molecule is COc1ccc(S(=O)(=O)N2CCCCCC2)cc1NC(=O)CNC(=O)N[C@H](C)[C@@H]1C[C@H]2CC[C@H]1C2. The van der Waals surface area contributed by atoms with Crippen LogP contribution in [0.2, 0.25) is 0 Å². The molecule has 0 aromatic heterocycles. The minimum atomic E-state index is -3.67. The number of methoxy groups -OCH3 is 1. The van der Waals surface area contributed by atoms with Crippen LogP contribution in [-0.4, -0.2) is 57.4 Å². The van der Waals surface area contributed by atoms with E-state index >= 15 is 0 Å². The summed E-state index contributed by atoms with van der Waals surface area (Å²) in [6, 6.07) is 4.15. The van der Waals surface area contributed by atoms with Crippen LogP contribution < -0.4 is 20.7 Å². The Hall–Kier alpha value is -2.33. The van der Waals surface area contributed by atoms with Crippen LogP contribution in [0.15, 0.2) is 23.1 Å². The van der Waals surface area contributed by atoms with Gasteiger partial charge in [-0.25, -0.2) is 13.2 Å². The summed E-state index contributed by atoms with van der Waals surface area (Å²) in [4.78, 5) is 25.1. The second kappa shape index (κ2) is 11.2. The molecule has 1 aromatic carbocycles. The lowest BCUT2D eigenvalue weighted by atomic mass is 9.84. The highest BCUT2D eigenvalue weighted by molar-refractivity contribution is 7.89. The first-order valence-corrected chi connectivity index (χ1v) is 14.2. The average Bonchev–Trinajstić information content (AvgIpc) is 3.37. The van der Waals surface area contributed by atoms with E-state index in [2.05, 4.69) is 16.0 Å². The van der Waals surface area contributed by atoms with Crippen LogP contribution >= 0.6 is 0 Å². The molecular weight excluding hydrogens is 468 g/mol. The van der Waals surface area contributed by atoms with Crippen LogP contribution in [0.1, 0.15) is 58.3 Å². The van der Waals surface area contributed by atoms with Gasteiger partial charge < -0.3 is 20.7 Å². The van der Waals surface area contributed by atoms with Gasteiger partial charge in [0.05, 0.1) is 24.2 Å². The largest absolute Gasteiger partial charge is 0.495 e. The number of carbonyl (C=O) groups excluding carboxylic acids is 2. The predicted octanol–water partition coefficient (Wildman–Crippen LogP) is 3.32. The van der Waals surface area contributed by atoms with Crippen molar-refractivity contribution in [2.45, 2.75) is 69.2 Å². The number of ether oxygens (including phenoxy) is 1. The Bertz CT molecular complexity index is 1020. The molecule has 4 atom stereocenters. The molecule has 2 aliphatic carbocycles. The number of urea groups is 1. The molecule has 0 unspecified atom stereocenters. The van der Waals surface area contributed by atoms with E-state index in [-0.39, 0.29) is 29.2 Å². The molecule has 1 aliphatic heterocycles. The number of hydrogen-bond donors (Lipinski definition) is 3. The molecular formula is C25H38N4O5S. The smallest absolute Gasteiger partial charge is 0.315 e. The third-order valence-corrected chi connectivity index (χ3v) is 9.75. The lowest BCUT2D eigenvalue weighted by Gasteiger charge is -2.28. The van der Waals surface area contributed by atoms with Crippen LogP contribution in [-0.2, 0) is 14.8 Å². The number of nitrogens with zero attached hydrogens (tertiary/aromatic N) is 1. The first kappa shape index (κ1) is 25.8. The Kier molecular flexibility index (Phi) is 8.21. The number of rotatable bonds is 8. The van der Waals surface area contributed by atoms with Crippen molar-refractivity contribution in [3.05, 3.63) is 18.2 Å². The summed E-state index contributed by atoms with van der Waals surface area (Å²) >= 11 is 0. The maximum Gasteiger partial charge on any atom is 0.315 e. The van der Waals surface area contributed by atoms with Crippen molar-refractivity contribution in [2.75, 3.05) is 32.1 Å². The number of nitrogens with one attached hydrogen (secondary N) is 3. The molecule has 0 radical (unpaired) electrons. The van der Waals surface area contributed by atoms with E-state index in [9.17, 15) is 18.0 Å². The molecule has 2 saturated carbocycles.